The van der Waals surface area contributed by atoms with Crippen LogP contribution in [-0.2, 0) is 6.54 Å². The minimum absolute atomic E-state index is 0.354. The first-order chi connectivity index (χ1) is 9.22. The van der Waals surface area contributed by atoms with Gasteiger partial charge in [-0.05, 0) is 35.4 Å². The molecule has 2 nitrogen and oxygen atoms in total. The highest BCUT2D eigenvalue weighted by Crippen LogP contribution is 2.20. The molecule has 0 unspecified atom stereocenters. The Morgan fingerprint density at radius 3 is 2.37 bits per heavy atom. The second-order valence-corrected chi connectivity index (χ2v) is 4.30. The summed E-state index contributed by atoms with van der Waals surface area (Å²) in [6.45, 7) is 0.354. The van der Waals surface area contributed by atoms with E-state index in [4.69, 9.17) is 18.0 Å². The zero-order chi connectivity index (χ0) is 13.7. The zero-order valence-corrected chi connectivity index (χ0v) is 11.0. The molecule has 0 heterocycles. The molecule has 19 heavy (non-hydrogen) atoms. The fourth-order valence-corrected chi connectivity index (χ4v) is 1.99. The van der Waals surface area contributed by atoms with Gasteiger partial charge in [-0.1, -0.05) is 42.3 Å². The van der Waals surface area contributed by atoms with Crippen molar-refractivity contribution >= 4 is 22.7 Å². The standard InChI is InChI=1S/C16H12ClNO/c1-2-13-8-6-7-9-14(13)12-18(16(17)19)15-10-4-3-5-11-15/h1,3-11H,12H2. The Bertz CT molecular complexity index is 616. The summed E-state index contributed by atoms with van der Waals surface area (Å²) in [5, 5.41) is -0.530. The molecule has 0 N–H and O–H groups in total. The lowest BCUT2D eigenvalue weighted by Gasteiger charge is -2.20. The van der Waals surface area contributed by atoms with Crippen LogP contribution >= 0.6 is 11.6 Å². The highest BCUT2D eigenvalue weighted by Gasteiger charge is 2.14. The van der Waals surface area contributed by atoms with Gasteiger partial charge in [-0.25, -0.2) is 0 Å². The molecule has 0 atom stereocenters. The average Bonchev–Trinajstić information content (AvgIpc) is 2.45. The lowest BCUT2D eigenvalue weighted by molar-refractivity contribution is 0.264. The van der Waals surface area contributed by atoms with Crippen molar-refractivity contribution in [2.45, 2.75) is 6.54 Å². The third kappa shape index (κ3) is 3.15. The Morgan fingerprint density at radius 2 is 1.74 bits per heavy atom. The van der Waals surface area contributed by atoms with Crippen LogP contribution < -0.4 is 4.90 Å². The van der Waals surface area contributed by atoms with E-state index in [1.165, 1.54) is 4.90 Å². The van der Waals surface area contributed by atoms with Crippen LogP contribution in [0.2, 0.25) is 0 Å². The van der Waals surface area contributed by atoms with E-state index in [0.717, 1.165) is 16.8 Å². The summed E-state index contributed by atoms with van der Waals surface area (Å²) in [6.07, 6.45) is 5.45. The third-order valence-corrected chi connectivity index (χ3v) is 2.99. The number of carbonyl (C=O) groups is 1. The highest BCUT2D eigenvalue weighted by molar-refractivity contribution is 6.66. The Labute approximate surface area is 117 Å². The third-order valence-electron chi connectivity index (χ3n) is 2.78. The van der Waals surface area contributed by atoms with Gasteiger partial charge in [0, 0.05) is 11.3 Å². The lowest BCUT2D eigenvalue weighted by atomic mass is 10.1. The molecular weight excluding hydrogens is 258 g/mol. The number of para-hydroxylation sites is 1. The molecule has 0 bridgehead atoms. The predicted octanol–water partition coefficient (Wildman–Crippen LogP) is 4.03. The minimum atomic E-state index is -0.530. The van der Waals surface area contributed by atoms with Gasteiger partial charge in [0.25, 0.3) is 0 Å². The van der Waals surface area contributed by atoms with Gasteiger partial charge in [0.05, 0.1) is 6.54 Å². The maximum atomic E-state index is 11.6. The van der Waals surface area contributed by atoms with E-state index >= 15 is 0 Å². The summed E-state index contributed by atoms with van der Waals surface area (Å²) in [4.78, 5) is 13.1. The van der Waals surface area contributed by atoms with Gasteiger partial charge in [-0.15, -0.1) is 6.42 Å². The zero-order valence-electron chi connectivity index (χ0n) is 10.2. The second-order valence-electron chi connectivity index (χ2n) is 3.98. The van der Waals surface area contributed by atoms with Crippen LogP contribution in [-0.4, -0.2) is 5.37 Å². The Balaban J connectivity index is 2.33. The summed E-state index contributed by atoms with van der Waals surface area (Å²) in [6, 6.07) is 16.8. The predicted molar refractivity (Wildman–Crippen MR) is 78.3 cm³/mol. The van der Waals surface area contributed by atoms with Crippen LogP contribution in [0.1, 0.15) is 11.1 Å². The molecule has 0 fully saturated rings. The maximum Gasteiger partial charge on any atom is 0.321 e. The number of halogens is 1. The van der Waals surface area contributed by atoms with E-state index in [2.05, 4.69) is 5.92 Å². The van der Waals surface area contributed by atoms with E-state index in [-0.39, 0.29) is 0 Å². The van der Waals surface area contributed by atoms with Crippen LogP contribution in [0.5, 0.6) is 0 Å². The molecule has 0 spiro atoms. The first-order valence-corrected chi connectivity index (χ1v) is 6.16. The number of benzene rings is 2. The number of hydrogen-bond donors (Lipinski definition) is 0. The summed E-state index contributed by atoms with van der Waals surface area (Å²) in [5.41, 5.74) is 2.40. The van der Waals surface area contributed by atoms with E-state index in [0.29, 0.717) is 6.54 Å². The van der Waals surface area contributed by atoms with Crippen LogP contribution in [0.15, 0.2) is 54.6 Å². The highest BCUT2D eigenvalue weighted by atomic mass is 35.5. The smallest absolute Gasteiger partial charge is 0.294 e. The first-order valence-electron chi connectivity index (χ1n) is 5.79. The molecule has 0 aromatic heterocycles. The summed E-state index contributed by atoms with van der Waals surface area (Å²) in [5.74, 6) is 2.61. The van der Waals surface area contributed by atoms with Crippen molar-refractivity contribution in [3.8, 4) is 12.3 Å². The van der Waals surface area contributed by atoms with Gasteiger partial charge < -0.3 is 0 Å². The van der Waals surface area contributed by atoms with Crippen molar-refractivity contribution in [3.05, 3.63) is 65.7 Å². The Morgan fingerprint density at radius 1 is 1.11 bits per heavy atom. The van der Waals surface area contributed by atoms with Gasteiger partial charge in [0.1, 0.15) is 0 Å². The molecule has 0 saturated carbocycles. The van der Waals surface area contributed by atoms with Gasteiger partial charge in [-0.3, -0.25) is 9.69 Å². The molecule has 0 aliphatic rings. The molecule has 0 aliphatic heterocycles. The number of rotatable bonds is 3. The maximum absolute atomic E-state index is 11.6. The van der Waals surface area contributed by atoms with Crippen LogP contribution in [0.25, 0.3) is 0 Å². The number of hydrogen-bond acceptors (Lipinski definition) is 1. The second kappa shape index (κ2) is 6.08. The normalized spacial score (nSPS) is 9.68. The van der Waals surface area contributed by atoms with Crippen LogP contribution in [0, 0.1) is 12.3 Å². The van der Waals surface area contributed by atoms with E-state index in [1.807, 2.05) is 54.6 Å². The molecule has 2 aromatic rings. The van der Waals surface area contributed by atoms with Crippen molar-refractivity contribution < 1.29 is 4.79 Å². The first kappa shape index (κ1) is 13.2. The van der Waals surface area contributed by atoms with Crippen molar-refractivity contribution in [1.82, 2.24) is 0 Å². The molecule has 3 heteroatoms. The van der Waals surface area contributed by atoms with Gasteiger partial charge in [-0.2, -0.15) is 0 Å². The average molecular weight is 270 g/mol. The molecule has 0 saturated heterocycles. The molecule has 1 amide bonds. The molecule has 2 aromatic carbocycles. The molecular formula is C16H12ClNO. The fourth-order valence-electron chi connectivity index (χ4n) is 1.83. The lowest BCUT2D eigenvalue weighted by Crippen LogP contribution is -2.25. The van der Waals surface area contributed by atoms with Gasteiger partial charge >= 0.3 is 5.37 Å². The Hall–Kier alpha value is -2.24. The topological polar surface area (TPSA) is 20.3 Å². The van der Waals surface area contributed by atoms with Crippen molar-refractivity contribution in [2.75, 3.05) is 4.90 Å². The van der Waals surface area contributed by atoms with E-state index in [9.17, 15) is 4.79 Å². The molecule has 0 aliphatic carbocycles. The van der Waals surface area contributed by atoms with Crippen molar-refractivity contribution in [1.29, 1.82) is 0 Å². The molecule has 2 rings (SSSR count). The van der Waals surface area contributed by atoms with Crippen molar-refractivity contribution in [2.24, 2.45) is 0 Å². The largest absolute Gasteiger partial charge is 0.321 e. The van der Waals surface area contributed by atoms with Gasteiger partial charge in [0.15, 0.2) is 0 Å². The summed E-state index contributed by atoms with van der Waals surface area (Å²) in [7, 11) is 0. The molecule has 94 valence electrons. The van der Waals surface area contributed by atoms with Crippen LogP contribution in [0.4, 0.5) is 10.5 Å². The summed E-state index contributed by atoms with van der Waals surface area (Å²) < 4.78 is 0. The SMILES string of the molecule is C#Cc1ccccc1CN(C(=O)Cl)c1ccccc1. The number of terminal acetylenes is 1. The number of carbonyl (C=O) groups excluding carboxylic acids is 1. The van der Waals surface area contributed by atoms with Crippen molar-refractivity contribution in [3.63, 3.8) is 0 Å². The minimum Gasteiger partial charge on any atom is -0.294 e. The quantitative estimate of drug-likeness (QED) is 0.468. The van der Waals surface area contributed by atoms with Gasteiger partial charge in [0.2, 0.25) is 0 Å². The summed E-state index contributed by atoms with van der Waals surface area (Å²) >= 11 is 5.66. The number of amides is 1. The number of nitrogens with zero attached hydrogens (tertiary/aromatic N) is 1. The van der Waals surface area contributed by atoms with E-state index < -0.39 is 5.37 Å². The molecule has 0 radical (unpaired) electrons. The van der Waals surface area contributed by atoms with E-state index in [1.54, 1.807) is 0 Å². The Kier molecular flexibility index (Phi) is 4.22. The van der Waals surface area contributed by atoms with Crippen LogP contribution in [0.3, 0.4) is 0 Å². The number of anilines is 1. The monoisotopic (exact) mass is 269 g/mol. The fraction of sp³-hybridized carbons (Fsp3) is 0.0625.